The lowest BCUT2D eigenvalue weighted by molar-refractivity contribution is 0.871. The van der Waals surface area contributed by atoms with E-state index >= 15 is 0 Å². The summed E-state index contributed by atoms with van der Waals surface area (Å²) in [6, 6.07) is 2.73. The molecule has 0 atom stereocenters. The van der Waals surface area contributed by atoms with Crippen molar-refractivity contribution in [2.45, 2.75) is 38.6 Å². The number of aromatic nitrogens is 2. The molecule has 0 aliphatic heterocycles. The van der Waals surface area contributed by atoms with Crippen LogP contribution < -0.4 is 5.32 Å². The van der Waals surface area contributed by atoms with Gasteiger partial charge in [0.1, 0.15) is 12.1 Å². The second-order valence-corrected chi connectivity index (χ2v) is 3.56. The molecule has 2 rings (SSSR count). The maximum atomic E-state index is 4.21. The smallest absolute Gasteiger partial charge is 0.129 e. The van der Waals surface area contributed by atoms with Crippen LogP contribution in [0.2, 0.25) is 0 Å². The fraction of sp³-hybridized carbons (Fsp3) is 0.600. The second-order valence-electron chi connectivity index (χ2n) is 3.56. The van der Waals surface area contributed by atoms with Gasteiger partial charge in [0.25, 0.3) is 0 Å². The molecule has 0 aromatic carbocycles. The Morgan fingerprint density at radius 1 is 1.46 bits per heavy atom. The van der Waals surface area contributed by atoms with Crippen LogP contribution in [-0.4, -0.2) is 16.0 Å². The number of aryl methyl sites for hydroxylation is 1. The van der Waals surface area contributed by atoms with Gasteiger partial charge in [-0.25, -0.2) is 9.97 Å². The highest BCUT2D eigenvalue weighted by atomic mass is 15.1. The molecule has 1 aromatic heterocycles. The van der Waals surface area contributed by atoms with Crippen molar-refractivity contribution in [2.75, 3.05) is 5.32 Å². The lowest BCUT2D eigenvalue weighted by atomic mass is 10.2. The third-order valence-electron chi connectivity index (χ3n) is 2.16. The van der Waals surface area contributed by atoms with Crippen molar-refractivity contribution in [3.63, 3.8) is 0 Å². The average Bonchev–Trinajstić information content (AvgIpc) is 2.90. The van der Waals surface area contributed by atoms with E-state index in [1.165, 1.54) is 12.8 Å². The highest BCUT2D eigenvalue weighted by Crippen LogP contribution is 2.23. The Balaban J connectivity index is 2.02. The Labute approximate surface area is 78.6 Å². The first-order valence-electron chi connectivity index (χ1n) is 4.96. The Bertz CT molecular complexity index is 281. The van der Waals surface area contributed by atoms with E-state index < -0.39 is 0 Å². The monoisotopic (exact) mass is 177 g/mol. The van der Waals surface area contributed by atoms with E-state index in [0.717, 1.165) is 24.4 Å². The Hall–Kier alpha value is -1.12. The molecule has 1 heterocycles. The molecule has 1 saturated carbocycles. The normalized spacial score (nSPS) is 15.8. The molecule has 0 spiro atoms. The molecule has 70 valence electrons. The number of anilines is 1. The minimum Gasteiger partial charge on any atom is -0.367 e. The van der Waals surface area contributed by atoms with Gasteiger partial charge in [-0.2, -0.15) is 0 Å². The van der Waals surface area contributed by atoms with E-state index in [0.29, 0.717) is 6.04 Å². The Kier molecular flexibility index (Phi) is 2.43. The predicted octanol–water partition coefficient (Wildman–Crippen LogP) is 2.00. The van der Waals surface area contributed by atoms with Crippen molar-refractivity contribution >= 4 is 5.82 Å². The van der Waals surface area contributed by atoms with Crippen LogP contribution in [0.1, 0.15) is 31.9 Å². The highest BCUT2D eigenvalue weighted by Gasteiger charge is 2.21. The summed E-state index contributed by atoms with van der Waals surface area (Å²) in [4.78, 5) is 8.39. The van der Waals surface area contributed by atoms with Crippen molar-refractivity contribution in [1.29, 1.82) is 0 Å². The molecule has 0 radical (unpaired) electrons. The van der Waals surface area contributed by atoms with Gasteiger partial charge in [-0.05, 0) is 19.3 Å². The van der Waals surface area contributed by atoms with Crippen LogP contribution in [0.15, 0.2) is 12.4 Å². The summed E-state index contributed by atoms with van der Waals surface area (Å²) >= 11 is 0. The minimum absolute atomic E-state index is 0.671. The van der Waals surface area contributed by atoms with E-state index in [1.54, 1.807) is 6.33 Å². The van der Waals surface area contributed by atoms with Gasteiger partial charge in [-0.15, -0.1) is 0 Å². The zero-order valence-corrected chi connectivity index (χ0v) is 7.95. The van der Waals surface area contributed by atoms with Gasteiger partial charge in [0.2, 0.25) is 0 Å². The SMILES string of the molecule is CCCc1cc(NC2CC2)ncn1. The van der Waals surface area contributed by atoms with E-state index in [1.807, 2.05) is 0 Å². The zero-order valence-electron chi connectivity index (χ0n) is 7.95. The van der Waals surface area contributed by atoms with Crippen molar-refractivity contribution in [3.8, 4) is 0 Å². The minimum atomic E-state index is 0.671. The lowest BCUT2D eigenvalue weighted by Gasteiger charge is -2.04. The summed E-state index contributed by atoms with van der Waals surface area (Å²) in [5, 5.41) is 3.36. The summed E-state index contributed by atoms with van der Waals surface area (Å²) in [7, 11) is 0. The fourth-order valence-corrected chi connectivity index (χ4v) is 1.31. The third kappa shape index (κ3) is 2.41. The van der Waals surface area contributed by atoms with E-state index in [-0.39, 0.29) is 0 Å². The van der Waals surface area contributed by atoms with Gasteiger partial charge in [0.05, 0.1) is 0 Å². The van der Waals surface area contributed by atoms with Gasteiger partial charge < -0.3 is 5.32 Å². The van der Waals surface area contributed by atoms with Crippen LogP contribution in [-0.2, 0) is 6.42 Å². The number of nitrogens with zero attached hydrogens (tertiary/aromatic N) is 2. The van der Waals surface area contributed by atoms with Crippen molar-refractivity contribution in [1.82, 2.24) is 9.97 Å². The summed E-state index contributed by atoms with van der Waals surface area (Å²) in [5.74, 6) is 0.987. The molecule has 1 fully saturated rings. The van der Waals surface area contributed by atoms with Crippen LogP contribution in [0.5, 0.6) is 0 Å². The van der Waals surface area contributed by atoms with Crippen LogP contribution in [0.3, 0.4) is 0 Å². The molecule has 1 aliphatic carbocycles. The lowest BCUT2D eigenvalue weighted by Crippen LogP contribution is -2.04. The maximum Gasteiger partial charge on any atom is 0.129 e. The molecule has 1 aromatic rings. The molecule has 0 unspecified atom stereocenters. The van der Waals surface area contributed by atoms with Crippen molar-refractivity contribution in [2.24, 2.45) is 0 Å². The predicted molar refractivity (Wildman–Crippen MR) is 52.7 cm³/mol. The van der Waals surface area contributed by atoms with Gasteiger partial charge in [0, 0.05) is 17.8 Å². The fourth-order valence-electron chi connectivity index (χ4n) is 1.31. The van der Waals surface area contributed by atoms with E-state index in [9.17, 15) is 0 Å². The molecule has 1 aliphatic rings. The summed E-state index contributed by atoms with van der Waals surface area (Å²) < 4.78 is 0. The summed E-state index contributed by atoms with van der Waals surface area (Å²) in [5.41, 5.74) is 1.14. The maximum absolute atomic E-state index is 4.21. The van der Waals surface area contributed by atoms with Gasteiger partial charge in [-0.3, -0.25) is 0 Å². The second kappa shape index (κ2) is 3.73. The zero-order chi connectivity index (χ0) is 9.10. The Morgan fingerprint density at radius 3 is 3.00 bits per heavy atom. The van der Waals surface area contributed by atoms with Crippen LogP contribution in [0.25, 0.3) is 0 Å². The first-order chi connectivity index (χ1) is 6.38. The Morgan fingerprint density at radius 2 is 2.31 bits per heavy atom. The van der Waals surface area contributed by atoms with Gasteiger partial charge in [0.15, 0.2) is 0 Å². The first kappa shape index (κ1) is 8.48. The number of hydrogen-bond acceptors (Lipinski definition) is 3. The van der Waals surface area contributed by atoms with E-state index in [4.69, 9.17) is 0 Å². The van der Waals surface area contributed by atoms with Crippen LogP contribution in [0, 0.1) is 0 Å². The molecular formula is C10H15N3. The first-order valence-corrected chi connectivity index (χ1v) is 4.96. The topological polar surface area (TPSA) is 37.8 Å². The number of hydrogen-bond donors (Lipinski definition) is 1. The summed E-state index contributed by atoms with van der Waals surface area (Å²) in [6.07, 6.45) is 6.40. The van der Waals surface area contributed by atoms with Crippen molar-refractivity contribution < 1.29 is 0 Å². The van der Waals surface area contributed by atoms with Gasteiger partial charge in [-0.1, -0.05) is 13.3 Å². The quantitative estimate of drug-likeness (QED) is 0.764. The molecule has 0 saturated heterocycles. The average molecular weight is 177 g/mol. The molecule has 0 bridgehead atoms. The number of nitrogens with one attached hydrogen (secondary N) is 1. The largest absolute Gasteiger partial charge is 0.367 e. The van der Waals surface area contributed by atoms with Crippen molar-refractivity contribution in [3.05, 3.63) is 18.1 Å². The molecule has 3 nitrogen and oxygen atoms in total. The van der Waals surface area contributed by atoms with E-state index in [2.05, 4.69) is 28.3 Å². The number of rotatable bonds is 4. The van der Waals surface area contributed by atoms with Gasteiger partial charge >= 0.3 is 0 Å². The molecule has 0 amide bonds. The summed E-state index contributed by atoms with van der Waals surface area (Å²) in [6.45, 7) is 2.16. The molecule has 1 N–H and O–H groups in total. The third-order valence-corrected chi connectivity index (χ3v) is 2.16. The standard InChI is InChI=1S/C10H15N3/c1-2-3-9-6-10(12-7-11-9)13-8-4-5-8/h6-8H,2-5H2,1H3,(H,11,12,13). The highest BCUT2D eigenvalue weighted by molar-refractivity contribution is 5.37. The van der Waals surface area contributed by atoms with Crippen LogP contribution in [0.4, 0.5) is 5.82 Å². The van der Waals surface area contributed by atoms with Crippen LogP contribution >= 0.6 is 0 Å². The molecule has 3 heteroatoms. The molecular weight excluding hydrogens is 162 g/mol. The molecule has 13 heavy (non-hydrogen) atoms.